The Hall–Kier alpha value is -3.87. The van der Waals surface area contributed by atoms with Crippen molar-refractivity contribution in [2.24, 2.45) is 4.99 Å². The van der Waals surface area contributed by atoms with Gasteiger partial charge >= 0.3 is 0 Å². The van der Waals surface area contributed by atoms with E-state index >= 15 is 0 Å². The third kappa shape index (κ3) is 5.80. The van der Waals surface area contributed by atoms with Gasteiger partial charge in [-0.05, 0) is 29.8 Å². The quantitative estimate of drug-likeness (QED) is 0.497. The van der Waals surface area contributed by atoms with Gasteiger partial charge in [0, 0.05) is 41.8 Å². The molecule has 3 rings (SSSR count). The molecule has 7 nitrogen and oxygen atoms in total. The average molecular weight is 390 g/mol. The fourth-order valence-electron chi connectivity index (χ4n) is 2.55. The highest BCUT2D eigenvalue weighted by Gasteiger charge is 2.10. The number of benzene rings is 2. The zero-order valence-corrected chi connectivity index (χ0v) is 16.3. The van der Waals surface area contributed by atoms with Crippen LogP contribution in [0.25, 0.3) is 0 Å². The standard InChI is InChI=1S/C22H22N4O3/c1-28-19-12-18(13-20(14-19)29-2)25-22(24-15-16-8-10-23-11-9-16)26-21(27)17-6-4-3-5-7-17/h3-14H,15H2,1-2H3,(H2,24,25,26,27). The van der Waals surface area contributed by atoms with Crippen molar-refractivity contribution in [1.29, 1.82) is 0 Å². The number of nitrogens with zero attached hydrogens (tertiary/aromatic N) is 2. The Bertz CT molecular complexity index is 954. The van der Waals surface area contributed by atoms with Gasteiger partial charge in [-0.25, -0.2) is 4.99 Å². The van der Waals surface area contributed by atoms with Crippen molar-refractivity contribution in [2.75, 3.05) is 19.5 Å². The monoisotopic (exact) mass is 390 g/mol. The molecule has 148 valence electrons. The molecule has 2 aromatic carbocycles. The van der Waals surface area contributed by atoms with Crippen molar-refractivity contribution in [1.82, 2.24) is 10.3 Å². The Labute approximate surface area is 169 Å². The van der Waals surface area contributed by atoms with Crippen molar-refractivity contribution < 1.29 is 14.3 Å². The first-order valence-corrected chi connectivity index (χ1v) is 8.98. The number of guanidine groups is 1. The summed E-state index contributed by atoms with van der Waals surface area (Å²) in [7, 11) is 3.16. The number of pyridine rings is 1. The van der Waals surface area contributed by atoms with Gasteiger partial charge in [0.1, 0.15) is 11.5 Å². The third-order valence-corrected chi connectivity index (χ3v) is 4.05. The summed E-state index contributed by atoms with van der Waals surface area (Å²) < 4.78 is 10.6. The predicted molar refractivity (Wildman–Crippen MR) is 112 cm³/mol. The number of carbonyl (C=O) groups is 1. The fraction of sp³-hybridized carbons (Fsp3) is 0.136. The first-order chi connectivity index (χ1) is 14.2. The van der Waals surface area contributed by atoms with Crippen molar-refractivity contribution in [3.8, 4) is 11.5 Å². The van der Waals surface area contributed by atoms with Gasteiger partial charge in [-0.15, -0.1) is 0 Å². The van der Waals surface area contributed by atoms with Crippen LogP contribution in [-0.4, -0.2) is 31.1 Å². The zero-order chi connectivity index (χ0) is 20.5. The number of aromatic nitrogens is 1. The lowest BCUT2D eigenvalue weighted by Gasteiger charge is -2.14. The van der Waals surface area contributed by atoms with E-state index in [-0.39, 0.29) is 5.91 Å². The third-order valence-electron chi connectivity index (χ3n) is 4.05. The Kier molecular flexibility index (Phi) is 6.78. The molecule has 0 bridgehead atoms. The second-order valence-electron chi connectivity index (χ2n) is 6.07. The second kappa shape index (κ2) is 9.89. The molecule has 1 amide bonds. The van der Waals surface area contributed by atoms with E-state index in [1.807, 2.05) is 30.3 Å². The number of amides is 1. The van der Waals surface area contributed by atoms with Crippen molar-refractivity contribution in [2.45, 2.75) is 6.54 Å². The Morgan fingerprint density at radius 3 is 2.24 bits per heavy atom. The molecule has 1 aromatic heterocycles. The van der Waals surface area contributed by atoms with Crippen LogP contribution in [0.2, 0.25) is 0 Å². The molecule has 0 aliphatic heterocycles. The average Bonchev–Trinajstić information content (AvgIpc) is 2.78. The molecule has 0 spiro atoms. The van der Waals surface area contributed by atoms with Crippen molar-refractivity contribution in [3.05, 3.63) is 84.2 Å². The summed E-state index contributed by atoms with van der Waals surface area (Å²) in [5.41, 5.74) is 2.17. The van der Waals surface area contributed by atoms with E-state index in [9.17, 15) is 4.79 Å². The normalized spacial score (nSPS) is 10.9. The maximum Gasteiger partial charge on any atom is 0.257 e. The van der Waals surface area contributed by atoms with Gasteiger partial charge in [-0.3, -0.25) is 15.1 Å². The molecule has 3 aromatic rings. The van der Waals surface area contributed by atoms with Crippen LogP contribution < -0.4 is 20.1 Å². The number of methoxy groups -OCH3 is 2. The number of hydrogen-bond acceptors (Lipinski definition) is 5. The molecule has 0 atom stereocenters. The molecule has 1 heterocycles. The number of rotatable bonds is 6. The van der Waals surface area contributed by atoms with E-state index in [0.29, 0.717) is 35.3 Å². The lowest BCUT2D eigenvalue weighted by Crippen LogP contribution is -2.36. The highest BCUT2D eigenvalue weighted by atomic mass is 16.5. The van der Waals surface area contributed by atoms with E-state index < -0.39 is 0 Å². The zero-order valence-electron chi connectivity index (χ0n) is 16.3. The highest BCUT2D eigenvalue weighted by molar-refractivity contribution is 6.10. The number of anilines is 1. The van der Waals surface area contributed by atoms with Crippen LogP contribution in [0.4, 0.5) is 5.69 Å². The first-order valence-electron chi connectivity index (χ1n) is 8.98. The predicted octanol–water partition coefficient (Wildman–Crippen LogP) is 3.50. The largest absolute Gasteiger partial charge is 0.497 e. The molecule has 0 radical (unpaired) electrons. The molecule has 0 unspecified atom stereocenters. The number of ether oxygens (including phenoxy) is 2. The van der Waals surface area contributed by atoms with Gasteiger partial charge < -0.3 is 14.8 Å². The van der Waals surface area contributed by atoms with Gasteiger partial charge in [0.25, 0.3) is 5.91 Å². The van der Waals surface area contributed by atoms with Crippen LogP contribution in [0.1, 0.15) is 15.9 Å². The molecule has 0 aliphatic carbocycles. The second-order valence-corrected chi connectivity index (χ2v) is 6.07. The molecule has 0 saturated heterocycles. The van der Waals surface area contributed by atoms with Gasteiger partial charge in [-0.1, -0.05) is 18.2 Å². The van der Waals surface area contributed by atoms with E-state index in [0.717, 1.165) is 5.56 Å². The van der Waals surface area contributed by atoms with Gasteiger partial charge in [0.2, 0.25) is 5.96 Å². The smallest absolute Gasteiger partial charge is 0.257 e. The van der Waals surface area contributed by atoms with Gasteiger partial charge in [0.05, 0.1) is 20.8 Å². The number of hydrogen-bond donors (Lipinski definition) is 2. The van der Waals surface area contributed by atoms with E-state index in [1.54, 1.807) is 56.9 Å². The maximum atomic E-state index is 12.6. The Morgan fingerprint density at radius 2 is 1.62 bits per heavy atom. The summed E-state index contributed by atoms with van der Waals surface area (Å²) in [6, 6.07) is 18.0. The summed E-state index contributed by atoms with van der Waals surface area (Å²) in [6.07, 6.45) is 3.40. The minimum absolute atomic E-state index is 0.263. The molecule has 0 fully saturated rings. The molecule has 0 saturated carbocycles. The summed E-state index contributed by atoms with van der Waals surface area (Å²) in [5, 5.41) is 5.97. The molecular formula is C22H22N4O3. The maximum absolute atomic E-state index is 12.6. The molecule has 2 N–H and O–H groups in total. The van der Waals surface area contributed by atoms with E-state index in [1.165, 1.54) is 0 Å². The van der Waals surface area contributed by atoms with Crippen LogP contribution in [0.15, 0.2) is 78.0 Å². The summed E-state index contributed by atoms with van der Waals surface area (Å²) >= 11 is 0. The minimum atomic E-state index is -0.263. The van der Waals surface area contributed by atoms with Crippen molar-refractivity contribution in [3.63, 3.8) is 0 Å². The summed E-state index contributed by atoms with van der Waals surface area (Å²) in [4.78, 5) is 21.1. The summed E-state index contributed by atoms with van der Waals surface area (Å²) in [5.74, 6) is 1.29. The lowest BCUT2D eigenvalue weighted by atomic mass is 10.2. The topological polar surface area (TPSA) is 84.8 Å². The molecular weight excluding hydrogens is 368 g/mol. The molecule has 29 heavy (non-hydrogen) atoms. The van der Waals surface area contributed by atoms with Crippen LogP contribution in [-0.2, 0) is 6.54 Å². The summed E-state index contributed by atoms with van der Waals surface area (Å²) in [6.45, 7) is 0.376. The van der Waals surface area contributed by atoms with E-state index in [4.69, 9.17) is 9.47 Å². The van der Waals surface area contributed by atoms with E-state index in [2.05, 4.69) is 20.6 Å². The molecule has 7 heteroatoms. The van der Waals surface area contributed by atoms with Gasteiger partial charge in [-0.2, -0.15) is 0 Å². The fourth-order valence-corrected chi connectivity index (χ4v) is 2.55. The van der Waals surface area contributed by atoms with Crippen LogP contribution in [0, 0.1) is 0 Å². The Balaban J connectivity index is 1.85. The van der Waals surface area contributed by atoms with Gasteiger partial charge in [0.15, 0.2) is 0 Å². The first kappa shape index (κ1) is 19.9. The highest BCUT2D eigenvalue weighted by Crippen LogP contribution is 2.25. The van der Waals surface area contributed by atoms with Crippen LogP contribution >= 0.6 is 0 Å². The number of nitrogens with one attached hydrogen (secondary N) is 2. The molecule has 0 aliphatic rings. The lowest BCUT2D eigenvalue weighted by molar-refractivity contribution is 0.0977. The minimum Gasteiger partial charge on any atom is -0.497 e. The SMILES string of the molecule is COc1cc(NC(=NCc2ccncc2)NC(=O)c2ccccc2)cc(OC)c1. The Morgan fingerprint density at radius 1 is 0.966 bits per heavy atom. The number of carbonyl (C=O) groups excluding carboxylic acids is 1. The van der Waals surface area contributed by atoms with Crippen molar-refractivity contribution >= 4 is 17.6 Å². The van der Waals surface area contributed by atoms with Crippen LogP contribution in [0.5, 0.6) is 11.5 Å². The number of aliphatic imine (C=N–C) groups is 1. The van der Waals surface area contributed by atoms with Crippen LogP contribution in [0.3, 0.4) is 0 Å².